The zero-order valence-corrected chi connectivity index (χ0v) is 12.7. The van der Waals surface area contributed by atoms with Crippen LogP contribution in [0.1, 0.15) is 17.7 Å². The average molecular weight is 319 g/mol. The lowest BCUT2D eigenvalue weighted by atomic mass is 9.82. The van der Waals surface area contributed by atoms with Crippen LogP contribution in [0, 0.1) is 5.92 Å². The topological polar surface area (TPSA) is 94.9 Å². The predicted octanol–water partition coefficient (Wildman–Crippen LogP) is 0.767. The summed E-state index contributed by atoms with van der Waals surface area (Å²) in [7, 11) is -2.05. The molecule has 0 saturated heterocycles. The van der Waals surface area contributed by atoms with Crippen molar-refractivity contribution in [3.8, 4) is 0 Å². The summed E-state index contributed by atoms with van der Waals surface area (Å²) in [6.45, 7) is 0.381. The average Bonchev–Trinajstić information content (AvgIpc) is 2.75. The molecular formula is C12H17NO5S2. The van der Waals surface area contributed by atoms with Gasteiger partial charge >= 0.3 is 5.97 Å². The summed E-state index contributed by atoms with van der Waals surface area (Å²) < 4.78 is 26.1. The van der Waals surface area contributed by atoms with Crippen LogP contribution in [0.5, 0.6) is 0 Å². The largest absolute Gasteiger partial charge is 0.481 e. The van der Waals surface area contributed by atoms with Gasteiger partial charge in [-0.1, -0.05) is 0 Å². The fourth-order valence-corrected chi connectivity index (χ4v) is 5.01. The molecule has 8 heteroatoms. The van der Waals surface area contributed by atoms with Crippen LogP contribution in [0.4, 0.5) is 0 Å². The molecule has 0 radical (unpaired) electrons. The Bertz CT molecular complexity index is 589. The van der Waals surface area contributed by atoms with Crippen molar-refractivity contribution in [3.63, 3.8) is 0 Å². The molecule has 0 aliphatic heterocycles. The molecule has 1 saturated carbocycles. The molecule has 0 aromatic carbocycles. The smallest absolute Gasteiger partial charge is 0.308 e. The van der Waals surface area contributed by atoms with Crippen molar-refractivity contribution in [1.29, 1.82) is 0 Å². The third kappa shape index (κ3) is 3.38. The van der Waals surface area contributed by atoms with Gasteiger partial charge in [0.15, 0.2) is 0 Å². The van der Waals surface area contributed by atoms with Crippen molar-refractivity contribution in [2.45, 2.75) is 29.6 Å². The summed E-state index contributed by atoms with van der Waals surface area (Å²) in [4.78, 5) is 11.1. The lowest BCUT2D eigenvalue weighted by Gasteiger charge is -2.33. The van der Waals surface area contributed by atoms with Crippen molar-refractivity contribution in [2.75, 3.05) is 13.6 Å². The van der Waals surface area contributed by atoms with Gasteiger partial charge in [-0.05, 0) is 30.9 Å². The lowest BCUT2D eigenvalue weighted by molar-refractivity contribution is -0.136. The maximum atomic E-state index is 12.3. The van der Waals surface area contributed by atoms with Crippen LogP contribution in [0.25, 0.3) is 0 Å². The number of hydrogen-bond donors (Lipinski definition) is 2. The first kappa shape index (κ1) is 15.4. The van der Waals surface area contributed by atoms with E-state index in [0.717, 1.165) is 11.3 Å². The van der Waals surface area contributed by atoms with Crippen molar-refractivity contribution in [2.24, 2.45) is 5.92 Å². The van der Waals surface area contributed by atoms with Gasteiger partial charge in [-0.3, -0.25) is 4.79 Å². The monoisotopic (exact) mass is 319 g/mol. The highest BCUT2D eigenvalue weighted by molar-refractivity contribution is 7.91. The number of aliphatic carboxylic acids is 1. The van der Waals surface area contributed by atoms with Crippen molar-refractivity contribution in [1.82, 2.24) is 4.31 Å². The zero-order valence-electron chi connectivity index (χ0n) is 11.0. The third-order valence-electron chi connectivity index (χ3n) is 3.35. The number of hydrogen-bond acceptors (Lipinski definition) is 5. The summed E-state index contributed by atoms with van der Waals surface area (Å²) in [5.41, 5.74) is 0. The van der Waals surface area contributed by atoms with Gasteiger partial charge in [0.1, 0.15) is 4.21 Å². The summed E-state index contributed by atoms with van der Waals surface area (Å²) >= 11 is 0.990. The number of sulfonamides is 1. The Labute approximate surface area is 121 Å². The SMILES string of the molecule is CN(CC1CC(O)C1)S(=O)(=O)c1ccc(CC(=O)O)s1. The van der Waals surface area contributed by atoms with Crippen LogP contribution < -0.4 is 0 Å². The van der Waals surface area contributed by atoms with Crippen molar-refractivity contribution >= 4 is 27.3 Å². The first-order valence-electron chi connectivity index (χ1n) is 6.24. The fourth-order valence-electron chi connectivity index (χ4n) is 2.21. The Balaban J connectivity index is 2.05. The zero-order chi connectivity index (χ0) is 14.9. The summed E-state index contributed by atoms with van der Waals surface area (Å²) in [6.07, 6.45) is 0.794. The molecule has 2 rings (SSSR count). The van der Waals surface area contributed by atoms with Gasteiger partial charge in [-0.2, -0.15) is 4.31 Å². The maximum Gasteiger partial charge on any atom is 0.308 e. The van der Waals surface area contributed by atoms with Crippen LogP contribution in [-0.2, 0) is 21.2 Å². The Hall–Kier alpha value is -0.960. The summed E-state index contributed by atoms with van der Waals surface area (Å²) in [5.74, 6) is -0.782. The molecule has 2 N–H and O–H groups in total. The van der Waals surface area contributed by atoms with Gasteiger partial charge in [0.25, 0.3) is 10.0 Å². The van der Waals surface area contributed by atoms with Crippen LogP contribution in [-0.4, -0.2) is 48.6 Å². The number of carbonyl (C=O) groups is 1. The second-order valence-corrected chi connectivity index (χ2v) is 8.51. The number of nitrogens with zero attached hydrogens (tertiary/aromatic N) is 1. The number of thiophene rings is 1. The number of aliphatic hydroxyl groups excluding tert-OH is 1. The normalized spacial score (nSPS) is 22.8. The minimum Gasteiger partial charge on any atom is -0.481 e. The Morgan fingerprint density at radius 3 is 2.65 bits per heavy atom. The summed E-state index contributed by atoms with van der Waals surface area (Å²) in [5, 5.41) is 17.9. The molecular weight excluding hydrogens is 302 g/mol. The molecule has 1 aromatic rings. The van der Waals surface area contributed by atoms with E-state index in [4.69, 9.17) is 5.11 Å². The first-order chi connectivity index (χ1) is 9.29. The summed E-state index contributed by atoms with van der Waals surface area (Å²) in [6, 6.07) is 2.98. The standard InChI is InChI=1S/C12H17NO5S2/c1-13(7-8-4-9(14)5-8)20(17,18)12-3-2-10(19-12)6-11(15)16/h2-3,8-9,14H,4-7H2,1H3,(H,15,16). The van der Waals surface area contributed by atoms with Crippen molar-refractivity contribution in [3.05, 3.63) is 17.0 Å². The minimum atomic E-state index is -3.57. The van der Waals surface area contributed by atoms with Crippen LogP contribution >= 0.6 is 11.3 Å². The van der Waals surface area contributed by atoms with E-state index in [1.807, 2.05) is 0 Å². The molecule has 1 aromatic heterocycles. The van der Waals surface area contributed by atoms with E-state index in [1.165, 1.54) is 23.5 Å². The molecule has 0 bridgehead atoms. The lowest BCUT2D eigenvalue weighted by Crippen LogP contribution is -2.39. The fraction of sp³-hybridized carbons (Fsp3) is 0.583. The maximum absolute atomic E-state index is 12.3. The van der Waals surface area contributed by atoms with E-state index < -0.39 is 16.0 Å². The van der Waals surface area contributed by atoms with Gasteiger partial charge in [-0.25, -0.2) is 8.42 Å². The van der Waals surface area contributed by atoms with Crippen LogP contribution in [0.15, 0.2) is 16.3 Å². The molecule has 0 atom stereocenters. The highest BCUT2D eigenvalue weighted by atomic mass is 32.2. The molecule has 112 valence electrons. The van der Waals surface area contributed by atoms with E-state index in [1.54, 1.807) is 0 Å². The quantitative estimate of drug-likeness (QED) is 0.807. The number of rotatable bonds is 6. The molecule has 1 aliphatic rings. The number of carboxylic acids is 1. The highest BCUT2D eigenvalue weighted by Gasteiger charge is 2.32. The van der Waals surface area contributed by atoms with Crippen LogP contribution in [0.2, 0.25) is 0 Å². The van der Waals surface area contributed by atoms with Crippen LogP contribution in [0.3, 0.4) is 0 Å². The van der Waals surface area contributed by atoms with Gasteiger partial charge in [0.05, 0.1) is 12.5 Å². The Morgan fingerprint density at radius 1 is 1.45 bits per heavy atom. The van der Waals surface area contributed by atoms with E-state index in [0.29, 0.717) is 24.3 Å². The van der Waals surface area contributed by atoms with Gasteiger partial charge in [0, 0.05) is 18.5 Å². The first-order valence-corrected chi connectivity index (χ1v) is 8.49. The molecule has 1 fully saturated rings. The molecule has 1 aliphatic carbocycles. The van der Waals surface area contributed by atoms with E-state index in [2.05, 4.69) is 0 Å². The third-order valence-corrected chi connectivity index (χ3v) is 6.73. The molecule has 0 amide bonds. The Kier molecular flexibility index (Phi) is 4.48. The molecule has 6 nitrogen and oxygen atoms in total. The van der Waals surface area contributed by atoms with Gasteiger partial charge in [-0.15, -0.1) is 11.3 Å². The Morgan fingerprint density at radius 2 is 2.10 bits per heavy atom. The van der Waals surface area contributed by atoms with E-state index in [-0.39, 0.29) is 22.7 Å². The molecule has 1 heterocycles. The highest BCUT2D eigenvalue weighted by Crippen LogP contribution is 2.30. The minimum absolute atomic E-state index is 0.163. The van der Waals surface area contributed by atoms with E-state index in [9.17, 15) is 18.3 Å². The number of aliphatic hydroxyl groups is 1. The van der Waals surface area contributed by atoms with Crippen molar-refractivity contribution < 1.29 is 23.4 Å². The molecule has 0 unspecified atom stereocenters. The van der Waals surface area contributed by atoms with Gasteiger partial charge < -0.3 is 10.2 Å². The second kappa shape index (κ2) is 5.80. The molecule has 20 heavy (non-hydrogen) atoms. The van der Waals surface area contributed by atoms with Gasteiger partial charge in [0.2, 0.25) is 0 Å². The predicted molar refractivity (Wildman–Crippen MR) is 74.2 cm³/mol. The number of carboxylic acid groups (broad SMARTS) is 1. The van der Waals surface area contributed by atoms with E-state index >= 15 is 0 Å². The second-order valence-electron chi connectivity index (χ2n) is 5.07. The molecule has 0 spiro atoms.